The zero-order chi connectivity index (χ0) is 18.0. The number of amides is 1. The fourth-order valence-corrected chi connectivity index (χ4v) is 2.46. The van der Waals surface area contributed by atoms with Gasteiger partial charge in [-0.15, -0.1) is 0 Å². The number of nitrogens with one attached hydrogen (secondary N) is 1. The average molecular weight is 345 g/mol. The largest absolute Gasteiger partial charge is 0.416 e. The van der Waals surface area contributed by atoms with Crippen LogP contribution >= 0.6 is 0 Å². The van der Waals surface area contributed by atoms with E-state index in [1.54, 1.807) is 18.3 Å². The molecule has 3 rings (SSSR count). The summed E-state index contributed by atoms with van der Waals surface area (Å²) >= 11 is 0. The molecular formula is C18H14F3N3O. The number of anilines is 1. The number of hydrogen-bond acceptors (Lipinski definition) is 2. The first-order chi connectivity index (χ1) is 11.9. The lowest BCUT2D eigenvalue weighted by Crippen LogP contribution is -2.08. The minimum absolute atomic E-state index is 0.345. The van der Waals surface area contributed by atoms with Gasteiger partial charge in [-0.3, -0.25) is 9.78 Å². The lowest BCUT2D eigenvalue weighted by atomic mass is 10.1. The van der Waals surface area contributed by atoms with Gasteiger partial charge in [0.25, 0.3) is 0 Å². The highest BCUT2D eigenvalue weighted by atomic mass is 19.4. The third-order valence-electron chi connectivity index (χ3n) is 3.71. The van der Waals surface area contributed by atoms with Crippen LogP contribution in [0, 0.1) is 0 Å². The van der Waals surface area contributed by atoms with E-state index in [1.165, 1.54) is 18.3 Å². The van der Waals surface area contributed by atoms with Gasteiger partial charge in [-0.05, 0) is 35.9 Å². The number of carbonyl (C=O) groups excluding carboxylic acids is 1. The van der Waals surface area contributed by atoms with Crippen LogP contribution in [0.4, 0.5) is 18.9 Å². The Morgan fingerprint density at radius 3 is 2.60 bits per heavy atom. The first-order valence-corrected chi connectivity index (χ1v) is 7.41. The molecular weight excluding hydrogens is 331 g/mol. The summed E-state index contributed by atoms with van der Waals surface area (Å²) in [6, 6.07) is 8.59. The lowest BCUT2D eigenvalue weighted by molar-refractivity contribution is -0.137. The number of nitrogens with zero attached hydrogens (tertiary/aromatic N) is 2. The number of aromatic nitrogens is 2. The fourth-order valence-electron chi connectivity index (χ4n) is 2.46. The van der Waals surface area contributed by atoms with E-state index in [-0.39, 0.29) is 5.91 Å². The number of pyridine rings is 1. The van der Waals surface area contributed by atoms with Gasteiger partial charge in [-0.25, -0.2) is 0 Å². The molecule has 1 amide bonds. The van der Waals surface area contributed by atoms with Crippen molar-refractivity contribution < 1.29 is 18.0 Å². The summed E-state index contributed by atoms with van der Waals surface area (Å²) in [5, 5.41) is 2.63. The predicted octanol–water partition coefficient (Wildman–Crippen LogP) is 4.23. The maximum absolute atomic E-state index is 12.6. The van der Waals surface area contributed by atoms with E-state index in [9.17, 15) is 18.0 Å². The standard InChI is InChI=1S/C18H14F3N3O/c1-2-17(25)23-14-9-16-15(22-10-14)7-8-24(16)11-12-3-5-13(6-4-12)18(19,20)21/h2-10H,1,11H2,(H,23,25). The van der Waals surface area contributed by atoms with Crippen molar-refractivity contribution in [2.24, 2.45) is 0 Å². The summed E-state index contributed by atoms with van der Waals surface area (Å²) in [6.07, 6.45) is 0.146. The van der Waals surface area contributed by atoms with E-state index < -0.39 is 11.7 Å². The second-order valence-electron chi connectivity index (χ2n) is 5.46. The van der Waals surface area contributed by atoms with Crippen molar-refractivity contribution in [3.8, 4) is 0 Å². The molecule has 0 spiro atoms. The number of hydrogen-bond donors (Lipinski definition) is 1. The van der Waals surface area contributed by atoms with Crippen molar-refractivity contribution in [2.75, 3.05) is 5.32 Å². The highest BCUT2D eigenvalue weighted by Crippen LogP contribution is 2.29. The van der Waals surface area contributed by atoms with E-state index >= 15 is 0 Å². The molecule has 2 aromatic heterocycles. The first kappa shape index (κ1) is 16.8. The topological polar surface area (TPSA) is 46.9 Å². The molecule has 0 unspecified atom stereocenters. The number of fused-ring (bicyclic) bond motifs is 1. The van der Waals surface area contributed by atoms with Gasteiger partial charge in [-0.2, -0.15) is 13.2 Å². The average Bonchev–Trinajstić information content (AvgIpc) is 2.97. The summed E-state index contributed by atoms with van der Waals surface area (Å²) < 4.78 is 39.7. The Hall–Kier alpha value is -3.09. The third kappa shape index (κ3) is 3.71. The Morgan fingerprint density at radius 2 is 1.96 bits per heavy atom. The van der Waals surface area contributed by atoms with Crippen LogP contribution in [0.25, 0.3) is 11.0 Å². The van der Waals surface area contributed by atoms with Gasteiger partial charge < -0.3 is 9.88 Å². The molecule has 0 aliphatic carbocycles. The zero-order valence-electron chi connectivity index (χ0n) is 13.0. The predicted molar refractivity (Wildman–Crippen MR) is 89.1 cm³/mol. The van der Waals surface area contributed by atoms with Crippen molar-refractivity contribution in [2.45, 2.75) is 12.7 Å². The molecule has 2 heterocycles. The van der Waals surface area contributed by atoms with Crippen molar-refractivity contribution >= 4 is 22.6 Å². The van der Waals surface area contributed by atoms with Gasteiger partial charge in [0, 0.05) is 12.7 Å². The normalized spacial score (nSPS) is 11.5. The molecule has 1 aromatic carbocycles. The quantitative estimate of drug-likeness (QED) is 0.720. The Bertz CT molecular complexity index is 927. The Morgan fingerprint density at radius 1 is 1.24 bits per heavy atom. The smallest absolute Gasteiger partial charge is 0.342 e. The molecule has 0 atom stereocenters. The van der Waals surface area contributed by atoms with E-state index in [0.29, 0.717) is 12.2 Å². The number of benzene rings is 1. The molecule has 0 radical (unpaired) electrons. The minimum Gasteiger partial charge on any atom is -0.342 e. The van der Waals surface area contributed by atoms with E-state index in [1.807, 2.05) is 4.57 Å². The highest BCUT2D eigenvalue weighted by Gasteiger charge is 2.29. The number of carbonyl (C=O) groups is 1. The highest BCUT2D eigenvalue weighted by molar-refractivity contribution is 5.99. The van der Waals surface area contributed by atoms with Crippen LogP contribution in [0.2, 0.25) is 0 Å². The summed E-state index contributed by atoms with van der Waals surface area (Å²) in [5.41, 5.74) is 2.06. The molecule has 128 valence electrons. The zero-order valence-corrected chi connectivity index (χ0v) is 13.0. The second-order valence-corrected chi connectivity index (χ2v) is 5.46. The van der Waals surface area contributed by atoms with Gasteiger partial charge in [-0.1, -0.05) is 18.7 Å². The van der Waals surface area contributed by atoms with Crippen LogP contribution in [0.3, 0.4) is 0 Å². The monoisotopic (exact) mass is 345 g/mol. The summed E-state index contributed by atoms with van der Waals surface area (Å²) in [5.74, 6) is -0.345. The summed E-state index contributed by atoms with van der Waals surface area (Å²) in [6.45, 7) is 3.78. The maximum Gasteiger partial charge on any atom is 0.416 e. The molecule has 0 saturated heterocycles. The van der Waals surface area contributed by atoms with Crippen molar-refractivity contribution in [1.29, 1.82) is 0 Å². The maximum atomic E-state index is 12.6. The van der Waals surface area contributed by atoms with Crippen LogP contribution < -0.4 is 5.32 Å². The van der Waals surface area contributed by atoms with E-state index in [4.69, 9.17) is 0 Å². The fraction of sp³-hybridized carbons (Fsp3) is 0.111. The Labute approximate surface area is 141 Å². The van der Waals surface area contributed by atoms with Gasteiger partial charge in [0.15, 0.2) is 0 Å². The van der Waals surface area contributed by atoms with Crippen LogP contribution in [0.1, 0.15) is 11.1 Å². The Kier molecular flexibility index (Phi) is 4.31. The van der Waals surface area contributed by atoms with Gasteiger partial charge in [0.1, 0.15) is 0 Å². The molecule has 0 fully saturated rings. The number of rotatable bonds is 4. The van der Waals surface area contributed by atoms with Crippen molar-refractivity contribution in [3.63, 3.8) is 0 Å². The lowest BCUT2D eigenvalue weighted by Gasteiger charge is -2.09. The molecule has 4 nitrogen and oxygen atoms in total. The second kappa shape index (κ2) is 6.43. The Balaban J connectivity index is 1.87. The third-order valence-corrected chi connectivity index (χ3v) is 3.71. The van der Waals surface area contributed by atoms with Gasteiger partial charge in [0.05, 0.1) is 28.5 Å². The molecule has 1 N–H and O–H groups in total. The molecule has 0 aliphatic rings. The van der Waals surface area contributed by atoms with Gasteiger partial charge in [0.2, 0.25) is 5.91 Å². The van der Waals surface area contributed by atoms with E-state index in [2.05, 4.69) is 16.9 Å². The molecule has 7 heteroatoms. The number of alkyl halides is 3. The summed E-state index contributed by atoms with van der Waals surface area (Å²) in [4.78, 5) is 15.6. The van der Waals surface area contributed by atoms with Gasteiger partial charge >= 0.3 is 6.18 Å². The van der Waals surface area contributed by atoms with Crippen molar-refractivity contribution in [3.05, 3.63) is 72.6 Å². The molecule has 3 aromatic rings. The van der Waals surface area contributed by atoms with Crippen LogP contribution in [0.5, 0.6) is 0 Å². The molecule has 25 heavy (non-hydrogen) atoms. The molecule has 0 aliphatic heterocycles. The van der Waals surface area contributed by atoms with E-state index in [0.717, 1.165) is 34.8 Å². The van der Waals surface area contributed by atoms with Crippen LogP contribution in [0.15, 0.2) is 61.4 Å². The van der Waals surface area contributed by atoms with Crippen LogP contribution in [-0.4, -0.2) is 15.5 Å². The number of halogens is 3. The molecule has 0 saturated carbocycles. The van der Waals surface area contributed by atoms with Crippen molar-refractivity contribution in [1.82, 2.24) is 9.55 Å². The van der Waals surface area contributed by atoms with Crippen LogP contribution in [-0.2, 0) is 17.5 Å². The summed E-state index contributed by atoms with van der Waals surface area (Å²) in [7, 11) is 0. The minimum atomic E-state index is -4.35. The SMILES string of the molecule is C=CC(=O)Nc1cnc2ccn(Cc3ccc(C(F)(F)F)cc3)c2c1. The molecule has 0 bridgehead atoms. The first-order valence-electron chi connectivity index (χ1n) is 7.41.